The molecule has 1 aromatic carbocycles. The number of nitrogens with zero attached hydrogens (tertiary/aromatic N) is 1. The molecular weight excluding hydrogens is 279 g/mol. The molecular formula is C18H25FN2O. The number of hydrogen-bond donors (Lipinski definition) is 1. The van der Waals surface area contributed by atoms with Crippen LogP contribution in [0.15, 0.2) is 23.0 Å². The van der Waals surface area contributed by atoms with Crippen molar-refractivity contribution in [2.75, 3.05) is 0 Å². The van der Waals surface area contributed by atoms with Crippen LogP contribution in [0, 0.1) is 5.82 Å². The lowest BCUT2D eigenvalue weighted by atomic mass is 10.0. The Morgan fingerprint density at radius 3 is 2.45 bits per heavy atom. The molecule has 0 aliphatic heterocycles. The van der Waals surface area contributed by atoms with Gasteiger partial charge in [0.2, 0.25) is 0 Å². The number of aromatic nitrogens is 2. The van der Waals surface area contributed by atoms with Crippen LogP contribution in [-0.2, 0) is 6.42 Å². The summed E-state index contributed by atoms with van der Waals surface area (Å²) in [4.78, 5) is 11.7. The smallest absolute Gasteiger partial charge is 0.267 e. The average molecular weight is 304 g/mol. The van der Waals surface area contributed by atoms with Crippen molar-refractivity contribution in [2.45, 2.75) is 64.7 Å². The van der Waals surface area contributed by atoms with Crippen molar-refractivity contribution in [1.82, 2.24) is 10.2 Å². The van der Waals surface area contributed by atoms with E-state index in [4.69, 9.17) is 0 Å². The first-order chi connectivity index (χ1) is 10.7. The quantitative estimate of drug-likeness (QED) is 0.680. The first kappa shape index (κ1) is 16.7. The highest BCUT2D eigenvalue weighted by Gasteiger charge is 2.10. The van der Waals surface area contributed by atoms with Gasteiger partial charge in [-0.1, -0.05) is 57.9 Å². The lowest BCUT2D eigenvalue weighted by Gasteiger charge is -2.06. The second kappa shape index (κ2) is 8.66. The van der Waals surface area contributed by atoms with Crippen LogP contribution < -0.4 is 5.56 Å². The fraction of sp³-hybridized carbons (Fsp3) is 0.556. The summed E-state index contributed by atoms with van der Waals surface area (Å²) in [6.07, 6.45) is 10.5. The molecule has 3 nitrogen and oxygen atoms in total. The molecule has 0 atom stereocenters. The van der Waals surface area contributed by atoms with Crippen molar-refractivity contribution in [1.29, 1.82) is 0 Å². The molecule has 2 aromatic rings. The van der Waals surface area contributed by atoms with Gasteiger partial charge in [0.1, 0.15) is 5.82 Å². The molecule has 2 rings (SSSR count). The van der Waals surface area contributed by atoms with Crippen LogP contribution in [0.5, 0.6) is 0 Å². The molecule has 0 unspecified atom stereocenters. The number of hydrogen-bond acceptors (Lipinski definition) is 2. The van der Waals surface area contributed by atoms with Gasteiger partial charge in [0.05, 0.1) is 11.1 Å². The van der Waals surface area contributed by atoms with Gasteiger partial charge >= 0.3 is 0 Å². The Labute approximate surface area is 130 Å². The number of aromatic amines is 1. The molecule has 0 radical (unpaired) electrons. The van der Waals surface area contributed by atoms with Gasteiger partial charge in [-0.25, -0.2) is 9.49 Å². The van der Waals surface area contributed by atoms with Crippen molar-refractivity contribution in [2.24, 2.45) is 0 Å². The molecule has 22 heavy (non-hydrogen) atoms. The van der Waals surface area contributed by atoms with Gasteiger partial charge in [-0.05, 0) is 25.0 Å². The molecule has 0 bridgehead atoms. The lowest BCUT2D eigenvalue weighted by Crippen LogP contribution is -2.12. The number of H-pyrrole nitrogens is 1. The van der Waals surface area contributed by atoms with Crippen LogP contribution in [0.3, 0.4) is 0 Å². The summed E-state index contributed by atoms with van der Waals surface area (Å²) in [5.41, 5.74) is 0.341. The van der Waals surface area contributed by atoms with Crippen LogP contribution in [0.25, 0.3) is 10.8 Å². The van der Waals surface area contributed by atoms with E-state index in [1.165, 1.54) is 44.6 Å². The molecule has 0 aliphatic rings. The summed E-state index contributed by atoms with van der Waals surface area (Å²) in [5, 5.41) is 7.30. The highest BCUT2D eigenvalue weighted by Crippen LogP contribution is 2.19. The van der Waals surface area contributed by atoms with Gasteiger partial charge in [0.25, 0.3) is 5.56 Å². The third-order valence-corrected chi connectivity index (χ3v) is 4.11. The molecule has 0 fully saturated rings. The number of unbranched alkanes of at least 4 members (excludes halogenated alkanes) is 7. The molecule has 4 heteroatoms. The van der Waals surface area contributed by atoms with E-state index in [9.17, 15) is 9.18 Å². The van der Waals surface area contributed by atoms with Crippen LogP contribution in [0.1, 0.15) is 64.0 Å². The minimum absolute atomic E-state index is 0.325. The molecule has 0 amide bonds. The Kier molecular flexibility index (Phi) is 6.56. The summed E-state index contributed by atoms with van der Waals surface area (Å²) in [6, 6.07) is 4.60. The summed E-state index contributed by atoms with van der Waals surface area (Å²) >= 11 is 0. The highest BCUT2D eigenvalue weighted by atomic mass is 19.1. The van der Waals surface area contributed by atoms with E-state index in [1.54, 1.807) is 12.1 Å². The van der Waals surface area contributed by atoms with Crippen molar-refractivity contribution in [3.8, 4) is 0 Å². The molecule has 0 aliphatic carbocycles. The topological polar surface area (TPSA) is 45.8 Å². The molecule has 0 saturated heterocycles. The van der Waals surface area contributed by atoms with E-state index < -0.39 is 0 Å². The normalized spacial score (nSPS) is 11.2. The van der Waals surface area contributed by atoms with Gasteiger partial charge in [-0.3, -0.25) is 4.79 Å². The Morgan fingerprint density at radius 1 is 1.05 bits per heavy atom. The molecule has 1 aromatic heterocycles. The van der Waals surface area contributed by atoms with E-state index in [1.807, 2.05) is 0 Å². The minimum Gasteiger partial charge on any atom is -0.267 e. The molecule has 120 valence electrons. The second-order valence-corrected chi connectivity index (χ2v) is 5.89. The number of fused-ring (bicyclic) bond motifs is 1. The Morgan fingerprint density at radius 2 is 1.73 bits per heavy atom. The maximum Gasteiger partial charge on any atom is 0.272 e. The lowest BCUT2D eigenvalue weighted by molar-refractivity contribution is 0.573. The standard InChI is InChI=1S/C18H25FN2O/c1-2-3-4-5-6-7-8-9-13-16-17-14(18(22)21-20-16)11-10-12-15(17)19/h10-12H,2-9,13H2,1H3,(H,21,22). The highest BCUT2D eigenvalue weighted by molar-refractivity contribution is 5.84. The fourth-order valence-corrected chi connectivity index (χ4v) is 2.85. The van der Waals surface area contributed by atoms with Crippen molar-refractivity contribution in [3.05, 3.63) is 40.1 Å². The van der Waals surface area contributed by atoms with Gasteiger partial charge in [-0.2, -0.15) is 5.10 Å². The third kappa shape index (κ3) is 4.39. The first-order valence-corrected chi connectivity index (χ1v) is 8.39. The number of halogens is 1. The van der Waals surface area contributed by atoms with E-state index in [0.29, 0.717) is 22.9 Å². The monoisotopic (exact) mass is 304 g/mol. The third-order valence-electron chi connectivity index (χ3n) is 4.11. The van der Waals surface area contributed by atoms with Crippen molar-refractivity contribution < 1.29 is 4.39 Å². The largest absolute Gasteiger partial charge is 0.272 e. The number of nitrogens with one attached hydrogen (secondary N) is 1. The van der Waals surface area contributed by atoms with Gasteiger partial charge in [0.15, 0.2) is 0 Å². The summed E-state index contributed by atoms with van der Waals surface area (Å²) in [6.45, 7) is 2.22. The Bertz CT molecular complexity index is 651. The van der Waals surface area contributed by atoms with Gasteiger partial charge < -0.3 is 0 Å². The molecule has 0 saturated carbocycles. The van der Waals surface area contributed by atoms with Crippen molar-refractivity contribution >= 4 is 10.8 Å². The van der Waals surface area contributed by atoms with Gasteiger partial charge in [0, 0.05) is 5.39 Å². The average Bonchev–Trinajstić information content (AvgIpc) is 2.52. The maximum absolute atomic E-state index is 14.0. The zero-order valence-corrected chi connectivity index (χ0v) is 13.3. The van der Waals surface area contributed by atoms with Crippen LogP contribution in [0.4, 0.5) is 4.39 Å². The van der Waals surface area contributed by atoms with Crippen LogP contribution in [0.2, 0.25) is 0 Å². The summed E-state index contributed by atoms with van der Waals surface area (Å²) in [7, 11) is 0. The molecule has 1 N–H and O–H groups in total. The number of rotatable bonds is 9. The summed E-state index contributed by atoms with van der Waals surface area (Å²) in [5.74, 6) is -0.356. The second-order valence-electron chi connectivity index (χ2n) is 5.89. The Balaban J connectivity index is 1.87. The van der Waals surface area contributed by atoms with E-state index in [-0.39, 0.29) is 11.4 Å². The number of benzene rings is 1. The minimum atomic E-state index is -0.356. The predicted octanol–water partition coefficient (Wildman–Crippen LogP) is 4.75. The van der Waals surface area contributed by atoms with Crippen LogP contribution >= 0.6 is 0 Å². The zero-order chi connectivity index (χ0) is 15.8. The van der Waals surface area contributed by atoms with Gasteiger partial charge in [-0.15, -0.1) is 0 Å². The molecule has 1 heterocycles. The van der Waals surface area contributed by atoms with E-state index >= 15 is 0 Å². The van der Waals surface area contributed by atoms with E-state index in [2.05, 4.69) is 17.1 Å². The fourth-order valence-electron chi connectivity index (χ4n) is 2.85. The van der Waals surface area contributed by atoms with Crippen molar-refractivity contribution in [3.63, 3.8) is 0 Å². The molecule has 0 spiro atoms. The summed E-state index contributed by atoms with van der Waals surface area (Å²) < 4.78 is 14.0. The predicted molar refractivity (Wildman–Crippen MR) is 88.6 cm³/mol. The zero-order valence-electron chi connectivity index (χ0n) is 13.3. The Hall–Kier alpha value is -1.71. The maximum atomic E-state index is 14.0. The number of aryl methyl sites for hydroxylation is 1. The SMILES string of the molecule is CCCCCCCCCCc1n[nH]c(=O)c2cccc(F)c12. The first-order valence-electron chi connectivity index (χ1n) is 8.39. The van der Waals surface area contributed by atoms with E-state index in [0.717, 1.165) is 12.8 Å². The van der Waals surface area contributed by atoms with Crippen LogP contribution in [-0.4, -0.2) is 10.2 Å².